The highest BCUT2D eigenvalue weighted by atomic mass is 16.5. The first-order chi connectivity index (χ1) is 8.11. The van der Waals surface area contributed by atoms with E-state index in [1.807, 2.05) is 7.05 Å². The Bertz CT molecular complexity index is 273. The minimum absolute atomic E-state index is 0.113. The topological polar surface area (TPSA) is 55.6 Å². The predicted molar refractivity (Wildman–Crippen MR) is 66.6 cm³/mol. The number of carbonyl (C=O) groups is 1. The zero-order valence-corrected chi connectivity index (χ0v) is 10.8. The number of hydrogen-bond donors (Lipinski definition) is 1. The van der Waals surface area contributed by atoms with Crippen LogP contribution < -0.4 is 5.73 Å². The lowest BCUT2D eigenvalue weighted by Gasteiger charge is -2.28. The summed E-state index contributed by atoms with van der Waals surface area (Å²) in [6.45, 7) is 1.35. The predicted octanol–water partition coefficient (Wildman–Crippen LogP) is 1.29. The van der Waals surface area contributed by atoms with Crippen molar-refractivity contribution in [3.8, 4) is 0 Å². The van der Waals surface area contributed by atoms with Gasteiger partial charge in [0.05, 0.1) is 6.61 Å². The van der Waals surface area contributed by atoms with E-state index in [0.717, 1.165) is 25.8 Å². The van der Waals surface area contributed by atoms with Crippen molar-refractivity contribution in [2.75, 3.05) is 20.2 Å². The first-order valence-electron chi connectivity index (χ1n) is 6.76. The van der Waals surface area contributed by atoms with E-state index in [1.54, 1.807) is 4.90 Å². The third kappa shape index (κ3) is 3.19. The lowest BCUT2D eigenvalue weighted by Crippen LogP contribution is -2.45. The standard InChI is InChI=1S/C13H24N2O2/c1-15-9-6-11(12(15)16)17-10-13(14)7-4-2-3-5-8-13/h11H,2-10,14H2,1H3. The zero-order valence-electron chi connectivity index (χ0n) is 10.8. The number of amides is 1. The van der Waals surface area contributed by atoms with Crippen LogP contribution >= 0.6 is 0 Å². The molecule has 2 rings (SSSR count). The number of nitrogens with zero attached hydrogens (tertiary/aromatic N) is 1. The van der Waals surface area contributed by atoms with Gasteiger partial charge in [-0.15, -0.1) is 0 Å². The highest BCUT2D eigenvalue weighted by molar-refractivity contribution is 5.82. The Hall–Kier alpha value is -0.610. The average Bonchev–Trinajstić information content (AvgIpc) is 2.53. The molecule has 0 spiro atoms. The highest BCUT2D eigenvalue weighted by Crippen LogP contribution is 2.26. The van der Waals surface area contributed by atoms with Crippen LogP contribution in [-0.2, 0) is 9.53 Å². The van der Waals surface area contributed by atoms with Gasteiger partial charge in [-0.3, -0.25) is 4.79 Å². The number of nitrogens with two attached hydrogens (primary N) is 1. The molecule has 1 saturated heterocycles. The number of hydrogen-bond acceptors (Lipinski definition) is 3. The Morgan fingerprint density at radius 2 is 2.00 bits per heavy atom. The Labute approximate surface area is 103 Å². The van der Waals surface area contributed by atoms with Gasteiger partial charge in [0.25, 0.3) is 5.91 Å². The van der Waals surface area contributed by atoms with E-state index in [9.17, 15) is 4.79 Å². The maximum Gasteiger partial charge on any atom is 0.251 e. The van der Waals surface area contributed by atoms with Crippen molar-refractivity contribution in [3.63, 3.8) is 0 Å². The maximum atomic E-state index is 11.7. The SMILES string of the molecule is CN1CCC(OCC2(N)CCCCCC2)C1=O. The van der Waals surface area contributed by atoms with Crippen LogP contribution in [0.25, 0.3) is 0 Å². The van der Waals surface area contributed by atoms with Crippen molar-refractivity contribution in [1.29, 1.82) is 0 Å². The van der Waals surface area contributed by atoms with Gasteiger partial charge in [-0.2, -0.15) is 0 Å². The summed E-state index contributed by atoms with van der Waals surface area (Å²) in [5, 5.41) is 0. The zero-order chi connectivity index (χ0) is 12.3. The van der Waals surface area contributed by atoms with E-state index in [2.05, 4.69) is 0 Å². The molecule has 98 valence electrons. The third-order valence-corrected chi connectivity index (χ3v) is 4.05. The van der Waals surface area contributed by atoms with E-state index >= 15 is 0 Å². The molecule has 2 fully saturated rings. The molecular formula is C13H24N2O2. The molecule has 2 N–H and O–H groups in total. The number of likely N-dealkylation sites (N-methyl/N-ethyl adjacent to an activating group) is 1. The maximum absolute atomic E-state index is 11.7. The number of ether oxygens (including phenoxy) is 1. The smallest absolute Gasteiger partial charge is 0.251 e. The van der Waals surface area contributed by atoms with Crippen molar-refractivity contribution in [2.45, 2.75) is 56.6 Å². The normalized spacial score (nSPS) is 29.4. The van der Waals surface area contributed by atoms with Crippen molar-refractivity contribution in [2.24, 2.45) is 5.73 Å². The minimum atomic E-state index is -0.247. The van der Waals surface area contributed by atoms with Gasteiger partial charge in [-0.05, 0) is 12.8 Å². The van der Waals surface area contributed by atoms with E-state index < -0.39 is 0 Å². The Morgan fingerprint density at radius 1 is 1.35 bits per heavy atom. The molecule has 1 unspecified atom stereocenters. The molecule has 0 radical (unpaired) electrons. The van der Waals surface area contributed by atoms with Crippen LogP contribution in [-0.4, -0.2) is 42.6 Å². The van der Waals surface area contributed by atoms with Crippen molar-refractivity contribution >= 4 is 5.91 Å². The fourth-order valence-corrected chi connectivity index (χ4v) is 2.79. The van der Waals surface area contributed by atoms with Crippen LogP contribution in [0.5, 0.6) is 0 Å². The fourth-order valence-electron chi connectivity index (χ4n) is 2.79. The number of carbonyl (C=O) groups excluding carboxylic acids is 1. The van der Waals surface area contributed by atoms with Crippen LogP contribution in [0.15, 0.2) is 0 Å². The molecule has 0 aromatic heterocycles. The highest BCUT2D eigenvalue weighted by Gasteiger charge is 2.33. The monoisotopic (exact) mass is 240 g/mol. The van der Waals surface area contributed by atoms with Gasteiger partial charge in [-0.1, -0.05) is 25.7 Å². The average molecular weight is 240 g/mol. The fraction of sp³-hybridized carbons (Fsp3) is 0.923. The molecule has 0 aromatic carbocycles. The summed E-state index contributed by atoms with van der Waals surface area (Å²) in [7, 11) is 1.83. The summed E-state index contributed by atoms with van der Waals surface area (Å²) in [5.74, 6) is 0.113. The van der Waals surface area contributed by atoms with Gasteiger partial charge in [0.15, 0.2) is 0 Å². The molecule has 2 aliphatic rings. The molecule has 0 aromatic rings. The lowest BCUT2D eigenvalue weighted by molar-refractivity contribution is -0.137. The summed E-state index contributed by atoms with van der Waals surface area (Å²) in [4.78, 5) is 13.4. The first-order valence-corrected chi connectivity index (χ1v) is 6.76. The minimum Gasteiger partial charge on any atom is -0.366 e. The number of likely N-dealkylation sites (tertiary alicyclic amines) is 1. The van der Waals surface area contributed by atoms with Gasteiger partial charge < -0.3 is 15.4 Å². The summed E-state index contributed by atoms with van der Waals surface area (Å²) in [6, 6.07) is 0. The third-order valence-electron chi connectivity index (χ3n) is 4.05. The van der Waals surface area contributed by atoms with E-state index in [1.165, 1.54) is 25.7 Å². The van der Waals surface area contributed by atoms with Crippen LogP contribution in [0.3, 0.4) is 0 Å². The van der Waals surface area contributed by atoms with Crippen LogP contribution in [0, 0.1) is 0 Å². The Morgan fingerprint density at radius 3 is 2.53 bits per heavy atom. The number of rotatable bonds is 3. The quantitative estimate of drug-likeness (QED) is 0.756. The molecule has 0 bridgehead atoms. The van der Waals surface area contributed by atoms with Crippen molar-refractivity contribution < 1.29 is 9.53 Å². The second-order valence-electron chi connectivity index (χ2n) is 5.62. The van der Waals surface area contributed by atoms with Crippen LogP contribution in [0.1, 0.15) is 44.9 Å². The molecule has 1 saturated carbocycles. The second-order valence-corrected chi connectivity index (χ2v) is 5.62. The summed E-state index contributed by atoms with van der Waals surface area (Å²) >= 11 is 0. The van der Waals surface area contributed by atoms with E-state index in [0.29, 0.717) is 6.61 Å². The molecule has 1 amide bonds. The van der Waals surface area contributed by atoms with Crippen molar-refractivity contribution in [1.82, 2.24) is 4.90 Å². The first kappa shape index (κ1) is 12.8. The molecule has 4 heteroatoms. The molecule has 1 aliphatic carbocycles. The summed E-state index contributed by atoms with van der Waals surface area (Å²) in [6.07, 6.45) is 7.58. The van der Waals surface area contributed by atoms with Gasteiger partial charge in [-0.25, -0.2) is 0 Å². The van der Waals surface area contributed by atoms with Crippen LogP contribution in [0.4, 0.5) is 0 Å². The molecular weight excluding hydrogens is 216 g/mol. The van der Waals surface area contributed by atoms with Crippen LogP contribution in [0.2, 0.25) is 0 Å². The Balaban J connectivity index is 1.82. The van der Waals surface area contributed by atoms with E-state index in [4.69, 9.17) is 10.5 Å². The molecule has 17 heavy (non-hydrogen) atoms. The lowest BCUT2D eigenvalue weighted by atomic mass is 9.92. The molecule has 4 nitrogen and oxygen atoms in total. The van der Waals surface area contributed by atoms with Gasteiger partial charge in [0.1, 0.15) is 6.10 Å². The summed E-state index contributed by atoms with van der Waals surface area (Å²) in [5.41, 5.74) is 6.17. The van der Waals surface area contributed by atoms with E-state index in [-0.39, 0.29) is 17.6 Å². The van der Waals surface area contributed by atoms with Gasteiger partial charge >= 0.3 is 0 Å². The molecule has 1 aliphatic heterocycles. The van der Waals surface area contributed by atoms with Gasteiger partial charge in [0, 0.05) is 25.6 Å². The van der Waals surface area contributed by atoms with Crippen molar-refractivity contribution in [3.05, 3.63) is 0 Å². The summed E-state index contributed by atoms with van der Waals surface area (Å²) < 4.78 is 5.77. The second kappa shape index (κ2) is 5.36. The molecule has 1 heterocycles. The molecule has 1 atom stereocenters. The largest absolute Gasteiger partial charge is 0.366 e. The Kier molecular flexibility index (Phi) is 4.05. The van der Waals surface area contributed by atoms with Gasteiger partial charge in [0.2, 0.25) is 0 Å².